The van der Waals surface area contributed by atoms with E-state index in [0.717, 1.165) is 21.7 Å². The Hall–Kier alpha value is -3.31. The lowest BCUT2D eigenvalue weighted by atomic mass is 9.85. The Balaban J connectivity index is 1.61. The second-order valence-corrected chi connectivity index (χ2v) is 14.5. The second kappa shape index (κ2) is 14.6. The molecule has 1 aromatic heterocycles. The van der Waals surface area contributed by atoms with Crippen LogP contribution in [0.25, 0.3) is 10.4 Å². The quantitative estimate of drug-likeness (QED) is 0.243. The molecule has 0 bridgehead atoms. The van der Waals surface area contributed by atoms with Crippen molar-refractivity contribution in [1.82, 2.24) is 20.5 Å². The lowest BCUT2D eigenvalue weighted by molar-refractivity contribution is -0.155. The first-order chi connectivity index (χ1) is 20.5. The number of benzene rings is 1. The number of nitrogens with zero attached hydrogens (tertiary/aromatic N) is 2. The number of aliphatic hydroxyl groups is 1. The summed E-state index contributed by atoms with van der Waals surface area (Å²) in [6, 6.07) is 5.84. The highest BCUT2D eigenvalue weighted by molar-refractivity contribution is 7.13. The average Bonchev–Trinajstić information content (AvgIpc) is 3.53. The molecule has 1 aliphatic heterocycles. The molecule has 1 saturated heterocycles. The van der Waals surface area contributed by atoms with Gasteiger partial charge in [-0.2, -0.15) is 0 Å². The number of ether oxygens (including phenoxy) is 1. The van der Waals surface area contributed by atoms with Gasteiger partial charge in [-0.1, -0.05) is 45.0 Å². The Morgan fingerprint density at radius 2 is 1.68 bits per heavy atom. The molecule has 2 heterocycles. The highest BCUT2D eigenvalue weighted by Gasteiger charge is 2.44. The number of carbonyl (C=O) groups is 4. The highest BCUT2D eigenvalue weighted by Crippen LogP contribution is 2.29. The monoisotopic (exact) mass is 628 g/mol. The molecule has 4 unspecified atom stereocenters. The van der Waals surface area contributed by atoms with Crippen LogP contribution in [0, 0.1) is 12.3 Å². The van der Waals surface area contributed by atoms with Gasteiger partial charge in [-0.3, -0.25) is 19.2 Å². The molecule has 3 N–H and O–H groups in total. The van der Waals surface area contributed by atoms with Crippen LogP contribution in [0.5, 0.6) is 0 Å². The van der Waals surface area contributed by atoms with Crippen LogP contribution in [0.1, 0.15) is 97.9 Å². The van der Waals surface area contributed by atoms with Gasteiger partial charge >= 0.3 is 5.97 Å². The molecule has 44 heavy (non-hydrogen) atoms. The number of thiazole rings is 1. The van der Waals surface area contributed by atoms with Gasteiger partial charge in [0.25, 0.3) is 0 Å². The van der Waals surface area contributed by atoms with Crippen LogP contribution in [0.4, 0.5) is 0 Å². The van der Waals surface area contributed by atoms with Crippen LogP contribution in [0.3, 0.4) is 0 Å². The maximum atomic E-state index is 13.8. The van der Waals surface area contributed by atoms with Crippen molar-refractivity contribution in [3.8, 4) is 10.4 Å². The number of esters is 1. The Morgan fingerprint density at radius 3 is 2.25 bits per heavy atom. The molecule has 4 atom stereocenters. The predicted molar refractivity (Wildman–Crippen MR) is 171 cm³/mol. The SMILES string of the molecule is Cc1ncsc1-c1ccc(C(C)NC(=O)C2CC(O)CN2C(=O)C(NC(=O)CCCCC(=O)OC(C)(C)C)C(C)(C)C)cc1. The zero-order valence-corrected chi connectivity index (χ0v) is 28.0. The zero-order chi connectivity index (χ0) is 32.8. The maximum Gasteiger partial charge on any atom is 0.306 e. The fourth-order valence-corrected chi connectivity index (χ4v) is 6.01. The number of nitrogens with one attached hydrogen (secondary N) is 2. The molecule has 3 amide bonds. The number of rotatable bonds is 11. The van der Waals surface area contributed by atoms with Gasteiger partial charge in [0.1, 0.15) is 17.7 Å². The number of aryl methyl sites for hydroxylation is 1. The zero-order valence-electron chi connectivity index (χ0n) is 27.2. The minimum absolute atomic E-state index is 0.00649. The Morgan fingerprint density at radius 1 is 1.05 bits per heavy atom. The number of amides is 3. The summed E-state index contributed by atoms with van der Waals surface area (Å²) in [6.07, 6.45) is 0.575. The number of aliphatic hydroxyl groups excluding tert-OH is 1. The molecule has 1 aromatic carbocycles. The van der Waals surface area contributed by atoms with E-state index in [1.807, 2.05) is 64.4 Å². The van der Waals surface area contributed by atoms with Crippen LogP contribution in [0.15, 0.2) is 29.8 Å². The fourth-order valence-electron chi connectivity index (χ4n) is 5.20. The van der Waals surface area contributed by atoms with Gasteiger partial charge in [-0.25, -0.2) is 4.98 Å². The van der Waals surface area contributed by atoms with Gasteiger partial charge in [-0.15, -0.1) is 11.3 Å². The molecule has 2 aromatic rings. The number of hydrogen-bond donors (Lipinski definition) is 3. The van der Waals surface area contributed by atoms with E-state index < -0.39 is 35.1 Å². The van der Waals surface area contributed by atoms with Crippen molar-refractivity contribution in [1.29, 1.82) is 0 Å². The van der Waals surface area contributed by atoms with Crippen LogP contribution >= 0.6 is 11.3 Å². The summed E-state index contributed by atoms with van der Waals surface area (Å²) in [7, 11) is 0. The number of carbonyl (C=O) groups excluding carboxylic acids is 4. The van der Waals surface area contributed by atoms with E-state index >= 15 is 0 Å². The van der Waals surface area contributed by atoms with Crippen LogP contribution in [-0.4, -0.2) is 69.0 Å². The first kappa shape index (κ1) is 35.2. The molecular weight excluding hydrogens is 580 g/mol. The third-order valence-corrected chi connectivity index (χ3v) is 8.49. The first-order valence-electron chi connectivity index (χ1n) is 15.3. The van der Waals surface area contributed by atoms with Gasteiger partial charge in [0.2, 0.25) is 17.7 Å². The van der Waals surface area contributed by atoms with E-state index in [0.29, 0.717) is 12.8 Å². The molecule has 0 aliphatic carbocycles. The van der Waals surface area contributed by atoms with Gasteiger partial charge in [0.05, 0.1) is 28.2 Å². The van der Waals surface area contributed by atoms with Crippen LogP contribution in [0.2, 0.25) is 0 Å². The summed E-state index contributed by atoms with van der Waals surface area (Å²) in [5.74, 6) is -1.39. The van der Waals surface area contributed by atoms with Crippen molar-refractivity contribution in [2.24, 2.45) is 5.41 Å². The molecule has 242 valence electrons. The van der Waals surface area contributed by atoms with Crippen molar-refractivity contribution < 1.29 is 29.0 Å². The predicted octanol–water partition coefficient (Wildman–Crippen LogP) is 4.69. The third kappa shape index (κ3) is 9.85. The molecule has 0 saturated carbocycles. The minimum atomic E-state index is -0.901. The van der Waals surface area contributed by atoms with Gasteiger partial charge in [0, 0.05) is 25.8 Å². The highest BCUT2D eigenvalue weighted by atomic mass is 32.1. The van der Waals surface area contributed by atoms with E-state index in [4.69, 9.17) is 4.74 Å². The number of likely N-dealkylation sites (tertiary alicyclic amines) is 1. The van der Waals surface area contributed by atoms with Crippen LogP contribution < -0.4 is 10.6 Å². The van der Waals surface area contributed by atoms with E-state index in [1.54, 1.807) is 32.1 Å². The van der Waals surface area contributed by atoms with Crippen LogP contribution in [-0.2, 0) is 23.9 Å². The van der Waals surface area contributed by atoms with Crippen molar-refractivity contribution >= 4 is 35.0 Å². The summed E-state index contributed by atoms with van der Waals surface area (Å²) in [5, 5.41) is 16.3. The number of aromatic nitrogens is 1. The molecule has 0 radical (unpaired) electrons. The number of unbranched alkanes of at least 4 members (excludes halogenated alkanes) is 1. The van der Waals surface area contributed by atoms with Crippen molar-refractivity contribution in [3.63, 3.8) is 0 Å². The standard InChI is InChI=1S/C33H48N4O6S/c1-20(22-13-15-23(16-14-22)28-21(2)34-19-44-28)35-30(41)25-17-24(38)18-37(25)31(42)29(32(3,4)5)36-26(39)11-9-10-12-27(40)43-33(6,7)8/h13-16,19-20,24-25,29,38H,9-12,17-18H2,1-8H3,(H,35,41)(H,36,39). The Bertz CT molecular complexity index is 1310. The number of hydrogen-bond acceptors (Lipinski definition) is 8. The van der Waals surface area contributed by atoms with Crippen molar-refractivity contribution in [3.05, 3.63) is 41.0 Å². The Labute approximate surface area is 265 Å². The summed E-state index contributed by atoms with van der Waals surface area (Å²) in [5.41, 5.74) is 3.54. The largest absolute Gasteiger partial charge is 0.460 e. The van der Waals surface area contributed by atoms with Gasteiger partial charge < -0.3 is 25.4 Å². The smallest absolute Gasteiger partial charge is 0.306 e. The maximum absolute atomic E-state index is 13.8. The molecule has 1 aliphatic rings. The van der Waals surface area contributed by atoms with Gasteiger partial charge in [0.15, 0.2) is 0 Å². The molecule has 3 rings (SSSR count). The second-order valence-electron chi connectivity index (χ2n) is 13.7. The normalized spacial score (nSPS) is 18.4. The van der Waals surface area contributed by atoms with E-state index in [-0.39, 0.29) is 49.6 Å². The minimum Gasteiger partial charge on any atom is -0.460 e. The summed E-state index contributed by atoms with van der Waals surface area (Å²) < 4.78 is 5.31. The van der Waals surface area contributed by atoms with Crippen molar-refractivity contribution in [2.75, 3.05) is 6.54 Å². The van der Waals surface area contributed by atoms with E-state index in [9.17, 15) is 24.3 Å². The number of β-amino-alcohol motifs (C(OH)–C–C–N with tert-alkyl or cyclic N) is 1. The first-order valence-corrected chi connectivity index (χ1v) is 16.1. The topological polar surface area (TPSA) is 138 Å². The fraction of sp³-hybridized carbons (Fsp3) is 0.606. The molecular formula is C33H48N4O6S. The van der Waals surface area contributed by atoms with Gasteiger partial charge in [-0.05, 0) is 64.0 Å². The lowest BCUT2D eigenvalue weighted by Gasteiger charge is -2.35. The van der Waals surface area contributed by atoms with E-state index in [2.05, 4.69) is 15.6 Å². The molecule has 0 spiro atoms. The Kier molecular flexibility index (Phi) is 11.7. The average molecular weight is 629 g/mol. The summed E-state index contributed by atoms with van der Waals surface area (Å²) in [4.78, 5) is 58.9. The molecule has 10 nitrogen and oxygen atoms in total. The van der Waals surface area contributed by atoms with E-state index in [1.165, 1.54) is 4.90 Å². The third-order valence-electron chi connectivity index (χ3n) is 7.51. The van der Waals surface area contributed by atoms with Crippen molar-refractivity contribution in [2.45, 2.75) is 117 Å². The molecule has 1 fully saturated rings. The molecule has 11 heteroatoms. The lowest BCUT2D eigenvalue weighted by Crippen LogP contribution is -2.57. The summed E-state index contributed by atoms with van der Waals surface area (Å²) >= 11 is 1.58. The summed E-state index contributed by atoms with van der Waals surface area (Å²) in [6.45, 7) is 14.8.